The van der Waals surface area contributed by atoms with Crippen LogP contribution in [-0.4, -0.2) is 35.4 Å². The van der Waals surface area contributed by atoms with Crippen molar-refractivity contribution >= 4 is 54.9 Å². The van der Waals surface area contributed by atoms with Crippen LogP contribution < -0.4 is 25.0 Å². The first-order valence-corrected chi connectivity index (χ1v) is 17.1. The molecule has 6 heteroatoms. The summed E-state index contributed by atoms with van der Waals surface area (Å²) in [5.74, 6) is 1.76. The molecular weight excluding hydrogens is 459 g/mol. The van der Waals surface area contributed by atoms with Crippen molar-refractivity contribution in [2.24, 2.45) is 0 Å². The van der Waals surface area contributed by atoms with E-state index in [2.05, 4.69) is 73.8 Å². The van der Waals surface area contributed by atoms with Gasteiger partial charge in [-0.3, -0.25) is 0 Å². The molecule has 3 aromatic rings. The third-order valence-electron chi connectivity index (χ3n) is 5.96. The molecule has 0 fully saturated rings. The number of ether oxygens (including phenoxy) is 2. The lowest BCUT2D eigenvalue weighted by atomic mass is 10.3. The molecule has 0 radical (unpaired) electrons. The Kier molecular flexibility index (Phi) is 7.92. The monoisotopic (exact) mass is 488 g/mol. The fraction of sp³-hybridized carbons (Fsp3) is 0.280. The Morgan fingerprint density at radius 2 is 1.23 bits per heavy atom. The van der Waals surface area contributed by atoms with Gasteiger partial charge in [0.2, 0.25) is 0 Å². The fourth-order valence-corrected chi connectivity index (χ4v) is 18.4. The Morgan fingerprint density at radius 1 is 0.742 bits per heavy atom. The summed E-state index contributed by atoms with van der Waals surface area (Å²) in [4.78, 5) is 0. The highest BCUT2D eigenvalue weighted by atomic mass is 35.5. The summed E-state index contributed by atoms with van der Waals surface area (Å²) in [5.41, 5.74) is 1.72. The number of benzene rings is 3. The summed E-state index contributed by atoms with van der Waals surface area (Å²) < 4.78 is 11.1. The standard InChI is InChI=1S/C25H30Cl2O2Si2/c1-5-29-22-10-16-25(17-11-22)31(18-26,24-14-8-21(28-2)9-15-24)19-30(3,4)23-12-6-20(27)7-13-23/h6-17H,5,18-19H2,1-4H3. The molecule has 0 saturated carbocycles. The van der Waals surface area contributed by atoms with Crippen molar-refractivity contribution in [3.8, 4) is 11.5 Å². The van der Waals surface area contributed by atoms with Gasteiger partial charge in [0.25, 0.3) is 0 Å². The van der Waals surface area contributed by atoms with Gasteiger partial charge in [0.15, 0.2) is 0 Å². The molecule has 0 bridgehead atoms. The first-order valence-electron chi connectivity index (χ1n) is 10.5. The summed E-state index contributed by atoms with van der Waals surface area (Å²) in [7, 11) is -2.37. The number of rotatable bonds is 9. The molecule has 0 aliphatic heterocycles. The zero-order valence-corrected chi connectivity index (χ0v) is 22.1. The van der Waals surface area contributed by atoms with Crippen molar-refractivity contribution in [3.63, 3.8) is 0 Å². The largest absolute Gasteiger partial charge is 0.497 e. The van der Waals surface area contributed by atoms with Gasteiger partial charge in [-0.25, -0.2) is 0 Å². The van der Waals surface area contributed by atoms with E-state index in [0.29, 0.717) is 12.1 Å². The van der Waals surface area contributed by atoms with Crippen molar-refractivity contribution in [1.82, 2.24) is 0 Å². The van der Waals surface area contributed by atoms with Crippen molar-refractivity contribution in [2.45, 2.75) is 25.7 Å². The zero-order chi connectivity index (χ0) is 22.5. The normalized spacial score (nSPS) is 13.5. The third kappa shape index (κ3) is 5.37. The number of alkyl halides is 1. The lowest BCUT2D eigenvalue weighted by molar-refractivity contribution is 0.340. The molecule has 0 amide bonds. The summed E-state index contributed by atoms with van der Waals surface area (Å²) in [5, 5.41) is 4.85. The highest BCUT2D eigenvalue weighted by molar-refractivity contribution is 7.14. The van der Waals surface area contributed by atoms with Gasteiger partial charge in [0.05, 0.1) is 21.8 Å². The van der Waals surface area contributed by atoms with Crippen LogP contribution in [0.15, 0.2) is 72.8 Å². The average Bonchev–Trinajstić information content (AvgIpc) is 2.79. The molecule has 1 unspecified atom stereocenters. The van der Waals surface area contributed by atoms with E-state index in [9.17, 15) is 0 Å². The maximum Gasteiger partial charge on any atom is 0.130 e. The van der Waals surface area contributed by atoms with Crippen LogP contribution in [0, 0.1) is 0 Å². The van der Waals surface area contributed by atoms with Gasteiger partial charge >= 0.3 is 0 Å². The van der Waals surface area contributed by atoms with Crippen LogP contribution in [0.25, 0.3) is 0 Å². The molecule has 0 saturated heterocycles. The van der Waals surface area contributed by atoms with Gasteiger partial charge in [0, 0.05) is 10.5 Å². The van der Waals surface area contributed by atoms with Crippen LogP contribution in [0.2, 0.25) is 23.8 Å². The van der Waals surface area contributed by atoms with Gasteiger partial charge < -0.3 is 9.47 Å². The summed E-state index contributed by atoms with van der Waals surface area (Å²) in [6.45, 7) is 7.53. The minimum absolute atomic E-state index is 0.622. The molecule has 3 rings (SSSR count). The molecule has 0 spiro atoms. The Morgan fingerprint density at radius 3 is 1.68 bits per heavy atom. The van der Waals surface area contributed by atoms with Crippen LogP contribution in [0.3, 0.4) is 0 Å². The SMILES string of the molecule is CCOc1ccc([Si](CCl)(C[Si](C)(C)c2ccc(Cl)cc2)c2ccc(OC)cc2)cc1. The van der Waals surface area contributed by atoms with Crippen LogP contribution in [-0.2, 0) is 0 Å². The Hall–Kier alpha value is -1.73. The van der Waals surface area contributed by atoms with Crippen LogP contribution >= 0.6 is 23.2 Å². The summed E-state index contributed by atoms with van der Waals surface area (Å²) in [6, 6.07) is 25.5. The zero-order valence-electron chi connectivity index (χ0n) is 18.6. The molecule has 0 aliphatic carbocycles. The first kappa shape index (κ1) is 23.9. The van der Waals surface area contributed by atoms with Crippen LogP contribution in [0.5, 0.6) is 11.5 Å². The molecular formula is C25H30Cl2O2Si2. The van der Waals surface area contributed by atoms with Gasteiger partial charge in [-0.1, -0.05) is 76.7 Å². The van der Waals surface area contributed by atoms with E-state index in [1.807, 2.05) is 19.1 Å². The number of methoxy groups -OCH3 is 1. The van der Waals surface area contributed by atoms with E-state index in [1.54, 1.807) is 7.11 Å². The van der Waals surface area contributed by atoms with E-state index >= 15 is 0 Å². The van der Waals surface area contributed by atoms with E-state index in [4.69, 9.17) is 32.7 Å². The summed E-state index contributed by atoms with van der Waals surface area (Å²) in [6.07, 6.45) is 0. The molecule has 2 nitrogen and oxygen atoms in total. The van der Waals surface area contributed by atoms with Gasteiger partial charge in [0.1, 0.15) is 19.6 Å². The Labute approximate surface area is 198 Å². The molecule has 3 aromatic carbocycles. The maximum absolute atomic E-state index is 6.89. The van der Waals surface area contributed by atoms with Crippen LogP contribution in [0.1, 0.15) is 6.92 Å². The molecule has 1 atom stereocenters. The van der Waals surface area contributed by atoms with E-state index < -0.39 is 16.1 Å². The van der Waals surface area contributed by atoms with Crippen molar-refractivity contribution in [2.75, 3.05) is 19.2 Å². The molecule has 164 valence electrons. The predicted octanol–water partition coefficient (Wildman–Crippen LogP) is 5.24. The molecule has 0 N–H and O–H groups in total. The van der Waals surface area contributed by atoms with Gasteiger partial charge in [-0.2, -0.15) is 0 Å². The fourth-order valence-electron chi connectivity index (χ4n) is 4.28. The summed E-state index contributed by atoms with van der Waals surface area (Å²) >= 11 is 13.0. The lowest BCUT2D eigenvalue weighted by Gasteiger charge is -2.38. The first-order chi connectivity index (χ1) is 14.8. The van der Waals surface area contributed by atoms with E-state index in [0.717, 1.165) is 22.2 Å². The topological polar surface area (TPSA) is 18.5 Å². The smallest absolute Gasteiger partial charge is 0.130 e. The van der Waals surface area contributed by atoms with Crippen molar-refractivity contribution in [1.29, 1.82) is 0 Å². The molecule has 0 aromatic heterocycles. The molecule has 31 heavy (non-hydrogen) atoms. The molecule has 0 heterocycles. The second-order valence-electron chi connectivity index (χ2n) is 8.47. The van der Waals surface area contributed by atoms with E-state index in [-0.39, 0.29) is 0 Å². The predicted molar refractivity (Wildman–Crippen MR) is 140 cm³/mol. The van der Waals surface area contributed by atoms with E-state index in [1.165, 1.54) is 15.6 Å². The highest BCUT2D eigenvalue weighted by Crippen LogP contribution is 2.24. The second kappa shape index (κ2) is 10.3. The molecule has 0 aliphatic rings. The Balaban J connectivity index is 2.10. The van der Waals surface area contributed by atoms with Crippen molar-refractivity contribution < 1.29 is 9.47 Å². The average molecular weight is 490 g/mol. The quantitative estimate of drug-likeness (QED) is 0.302. The second-order valence-corrected chi connectivity index (χ2v) is 19.1. The van der Waals surface area contributed by atoms with Gasteiger partial charge in [-0.05, 0) is 49.0 Å². The van der Waals surface area contributed by atoms with Gasteiger partial charge in [-0.15, -0.1) is 11.6 Å². The number of halogens is 2. The minimum Gasteiger partial charge on any atom is -0.497 e. The van der Waals surface area contributed by atoms with Crippen molar-refractivity contribution in [3.05, 3.63) is 77.8 Å². The third-order valence-corrected chi connectivity index (χ3v) is 18.8. The number of hydrogen-bond donors (Lipinski definition) is 0. The van der Waals surface area contributed by atoms with Crippen LogP contribution in [0.4, 0.5) is 0 Å². The minimum atomic E-state index is -2.25. The number of hydrogen-bond acceptors (Lipinski definition) is 2. The highest BCUT2D eigenvalue weighted by Gasteiger charge is 2.43. The lowest BCUT2D eigenvalue weighted by Crippen LogP contribution is -2.66. The maximum atomic E-state index is 6.89. The Bertz CT molecular complexity index is 974.